The Morgan fingerprint density at radius 2 is 2.35 bits per heavy atom. The van der Waals surface area contributed by atoms with Crippen LogP contribution >= 0.6 is 0 Å². The van der Waals surface area contributed by atoms with Crippen LogP contribution in [0.2, 0.25) is 0 Å². The number of hydrogen-bond acceptors (Lipinski definition) is 5. The molecule has 1 amide bonds. The zero-order valence-corrected chi connectivity index (χ0v) is 9.68. The van der Waals surface area contributed by atoms with Gasteiger partial charge in [0.1, 0.15) is 19.0 Å². The van der Waals surface area contributed by atoms with Crippen LogP contribution in [0.3, 0.4) is 0 Å². The van der Waals surface area contributed by atoms with Crippen LogP contribution in [-0.2, 0) is 19.0 Å². The van der Waals surface area contributed by atoms with Gasteiger partial charge in [0, 0.05) is 6.08 Å². The van der Waals surface area contributed by atoms with Gasteiger partial charge in [0.25, 0.3) is 0 Å². The van der Waals surface area contributed by atoms with Gasteiger partial charge in [-0.15, -0.1) is 0 Å². The summed E-state index contributed by atoms with van der Waals surface area (Å²) in [5, 5.41) is 0. The lowest BCUT2D eigenvalue weighted by Crippen LogP contribution is -2.28. The first-order valence-corrected chi connectivity index (χ1v) is 5.13. The Labute approximate surface area is 99.4 Å². The first-order valence-electron chi connectivity index (χ1n) is 5.13. The first kappa shape index (κ1) is 13.1. The van der Waals surface area contributed by atoms with E-state index >= 15 is 0 Å². The maximum Gasteiger partial charge on any atom is 0.410 e. The van der Waals surface area contributed by atoms with Crippen molar-refractivity contribution in [2.75, 3.05) is 33.4 Å². The molecule has 1 rings (SSSR count). The number of nitrogens with zero attached hydrogens (tertiary/aromatic N) is 1. The van der Waals surface area contributed by atoms with Crippen molar-refractivity contribution in [2.24, 2.45) is 0 Å². The van der Waals surface area contributed by atoms with Crippen molar-refractivity contribution in [3.05, 3.63) is 24.5 Å². The fourth-order valence-corrected chi connectivity index (χ4v) is 1.19. The van der Waals surface area contributed by atoms with Gasteiger partial charge in [-0.1, -0.05) is 6.58 Å². The molecule has 1 heterocycles. The van der Waals surface area contributed by atoms with Gasteiger partial charge in [0.2, 0.25) is 0 Å². The van der Waals surface area contributed by atoms with Crippen LogP contribution in [0.1, 0.15) is 0 Å². The summed E-state index contributed by atoms with van der Waals surface area (Å²) in [4.78, 5) is 23.4. The zero-order chi connectivity index (χ0) is 12.7. The third kappa shape index (κ3) is 4.58. The highest BCUT2D eigenvalue weighted by Gasteiger charge is 2.21. The fraction of sp³-hybridized carbons (Fsp3) is 0.455. The van der Waals surface area contributed by atoms with Gasteiger partial charge in [-0.05, 0) is 6.08 Å². The highest BCUT2D eigenvalue weighted by Crippen LogP contribution is 2.03. The van der Waals surface area contributed by atoms with Crippen LogP contribution in [0.25, 0.3) is 0 Å². The lowest BCUT2D eigenvalue weighted by Gasteiger charge is -2.12. The van der Waals surface area contributed by atoms with E-state index in [1.54, 1.807) is 0 Å². The molecule has 0 aromatic carbocycles. The van der Waals surface area contributed by atoms with Gasteiger partial charge < -0.3 is 19.1 Å². The summed E-state index contributed by atoms with van der Waals surface area (Å²) in [5.74, 6) is -0.138. The molecule has 0 atom stereocenters. The van der Waals surface area contributed by atoms with E-state index in [4.69, 9.17) is 9.47 Å². The molecule has 0 spiro atoms. The largest absolute Gasteiger partial charge is 0.492 e. The number of hydrogen-bond donors (Lipinski definition) is 0. The minimum absolute atomic E-state index is 0.305. The lowest BCUT2D eigenvalue weighted by molar-refractivity contribution is -0.134. The van der Waals surface area contributed by atoms with Crippen molar-refractivity contribution >= 4 is 12.1 Å². The molecule has 0 unspecified atom stereocenters. The molecule has 6 nitrogen and oxygen atoms in total. The van der Waals surface area contributed by atoms with E-state index in [2.05, 4.69) is 11.3 Å². The smallest absolute Gasteiger partial charge is 0.410 e. The molecule has 0 N–H and O–H groups in total. The van der Waals surface area contributed by atoms with Crippen LogP contribution in [0.15, 0.2) is 24.5 Å². The minimum atomic E-state index is -0.474. The summed E-state index contributed by atoms with van der Waals surface area (Å²) in [6.45, 7) is 5.33. The van der Waals surface area contributed by atoms with Crippen LogP contribution in [-0.4, -0.2) is 50.4 Å². The predicted molar refractivity (Wildman–Crippen MR) is 59.2 cm³/mol. The SMILES string of the molecule is C=C(/C=C/C(=O)OC)OCCN1CCOC1=O. The van der Waals surface area contributed by atoms with E-state index in [0.717, 1.165) is 0 Å². The van der Waals surface area contributed by atoms with E-state index in [1.165, 1.54) is 24.2 Å². The third-order valence-electron chi connectivity index (χ3n) is 2.10. The van der Waals surface area contributed by atoms with Crippen molar-refractivity contribution in [1.82, 2.24) is 4.90 Å². The number of carbonyl (C=O) groups excluding carboxylic acids is 2. The summed E-state index contributed by atoms with van der Waals surface area (Å²) < 4.78 is 14.4. The Hall–Kier alpha value is -1.98. The first-order chi connectivity index (χ1) is 8.13. The Kier molecular flexibility index (Phi) is 5.06. The van der Waals surface area contributed by atoms with Crippen LogP contribution in [0.5, 0.6) is 0 Å². The number of ether oxygens (including phenoxy) is 3. The van der Waals surface area contributed by atoms with Gasteiger partial charge in [0.15, 0.2) is 0 Å². The second-order valence-electron chi connectivity index (χ2n) is 3.27. The summed E-state index contributed by atoms with van der Waals surface area (Å²) in [6.07, 6.45) is 2.30. The zero-order valence-electron chi connectivity index (χ0n) is 9.68. The van der Waals surface area contributed by atoms with Crippen LogP contribution < -0.4 is 0 Å². The minimum Gasteiger partial charge on any atom is -0.492 e. The van der Waals surface area contributed by atoms with E-state index < -0.39 is 5.97 Å². The molecule has 6 heteroatoms. The van der Waals surface area contributed by atoms with Crippen molar-refractivity contribution in [1.29, 1.82) is 0 Å². The van der Waals surface area contributed by atoms with E-state index in [1.807, 2.05) is 0 Å². The molecular weight excluding hydrogens is 226 g/mol. The highest BCUT2D eigenvalue weighted by atomic mass is 16.6. The summed E-state index contributed by atoms with van der Waals surface area (Å²) in [7, 11) is 1.29. The Bertz CT molecular complexity index is 337. The average Bonchev–Trinajstić information content (AvgIpc) is 2.72. The van der Waals surface area contributed by atoms with Gasteiger partial charge in [-0.3, -0.25) is 0 Å². The summed E-state index contributed by atoms with van der Waals surface area (Å²) in [5.41, 5.74) is 0. The molecule has 0 bridgehead atoms. The summed E-state index contributed by atoms with van der Waals surface area (Å²) in [6, 6.07) is 0. The topological polar surface area (TPSA) is 65.1 Å². The standard InChI is InChI=1S/C11H15NO5/c1-9(3-4-10(13)15-2)16-7-5-12-6-8-17-11(12)14/h3-4H,1,5-8H2,2H3/b4-3+. The molecule has 1 fully saturated rings. The number of esters is 1. The molecule has 1 aliphatic heterocycles. The van der Waals surface area contributed by atoms with Crippen molar-refractivity contribution in [3.8, 4) is 0 Å². The molecule has 0 aliphatic carbocycles. The molecule has 0 aromatic heterocycles. The number of allylic oxidation sites excluding steroid dienone is 1. The monoisotopic (exact) mass is 241 g/mol. The normalized spacial score (nSPS) is 14.9. The second kappa shape index (κ2) is 6.57. The molecule has 1 aliphatic rings. The van der Waals surface area contributed by atoms with E-state index in [9.17, 15) is 9.59 Å². The molecule has 0 saturated carbocycles. The number of carbonyl (C=O) groups is 2. The molecule has 0 aromatic rings. The summed E-state index contributed by atoms with van der Waals surface area (Å²) >= 11 is 0. The molecule has 17 heavy (non-hydrogen) atoms. The van der Waals surface area contributed by atoms with Gasteiger partial charge in [-0.2, -0.15) is 0 Å². The Morgan fingerprint density at radius 3 is 2.94 bits per heavy atom. The van der Waals surface area contributed by atoms with Gasteiger partial charge >= 0.3 is 12.1 Å². The van der Waals surface area contributed by atoms with E-state index in [-0.39, 0.29) is 6.09 Å². The third-order valence-corrected chi connectivity index (χ3v) is 2.10. The van der Waals surface area contributed by atoms with Crippen LogP contribution in [0.4, 0.5) is 4.79 Å². The van der Waals surface area contributed by atoms with Crippen molar-refractivity contribution < 1.29 is 23.8 Å². The highest BCUT2D eigenvalue weighted by molar-refractivity contribution is 5.82. The second-order valence-corrected chi connectivity index (χ2v) is 3.27. The molecule has 0 radical (unpaired) electrons. The van der Waals surface area contributed by atoms with E-state index in [0.29, 0.717) is 32.1 Å². The molecule has 94 valence electrons. The maximum absolute atomic E-state index is 11.1. The Morgan fingerprint density at radius 1 is 1.59 bits per heavy atom. The quantitative estimate of drug-likeness (QED) is 0.296. The predicted octanol–water partition coefficient (Wildman–Crippen LogP) is 0.698. The molecular formula is C11H15NO5. The van der Waals surface area contributed by atoms with Crippen molar-refractivity contribution in [3.63, 3.8) is 0 Å². The lowest BCUT2D eigenvalue weighted by atomic mass is 10.4. The number of rotatable bonds is 6. The van der Waals surface area contributed by atoms with Crippen LogP contribution in [0, 0.1) is 0 Å². The number of amides is 1. The number of methoxy groups -OCH3 is 1. The Balaban J connectivity index is 2.18. The van der Waals surface area contributed by atoms with Gasteiger partial charge in [0.05, 0.1) is 20.2 Å². The van der Waals surface area contributed by atoms with Crippen molar-refractivity contribution in [2.45, 2.75) is 0 Å². The fourth-order valence-electron chi connectivity index (χ4n) is 1.19. The average molecular weight is 241 g/mol. The van der Waals surface area contributed by atoms with Gasteiger partial charge in [-0.25, -0.2) is 9.59 Å². The maximum atomic E-state index is 11.1. The molecule has 1 saturated heterocycles. The number of cyclic esters (lactones) is 1.